The van der Waals surface area contributed by atoms with Crippen molar-refractivity contribution in [2.45, 2.75) is 0 Å². The van der Waals surface area contributed by atoms with Gasteiger partial charge in [-0.15, -0.1) is 0 Å². The Bertz CT molecular complexity index is 924. The third kappa shape index (κ3) is 4.54. The number of aromatic amines is 1. The molecule has 3 aromatic rings. The molecule has 0 atom stereocenters. The number of ether oxygens (including phenoxy) is 1. The number of carbonyl (C=O) groups is 2. The first kappa shape index (κ1) is 17.8. The van der Waals surface area contributed by atoms with Crippen molar-refractivity contribution in [3.05, 3.63) is 70.6 Å². The maximum absolute atomic E-state index is 12.8. The summed E-state index contributed by atoms with van der Waals surface area (Å²) in [5, 5.41) is 9.15. The molecular weight excluding hydrogens is 405 g/mol. The number of nitrogens with one attached hydrogen (secondary N) is 2. The van der Waals surface area contributed by atoms with Crippen LogP contribution in [0.15, 0.2) is 59.1 Å². The molecule has 26 heavy (non-hydrogen) atoms. The second-order valence-corrected chi connectivity index (χ2v) is 6.22. The van der Waals surface area contributed by atoms with Gasteiger partial charge in [-0.05, 0) is 42.5 Å². The Hall–Kier alpha value is -3.00. The van der Waals surface area contributed by atoms with Gasteiger partial charge in [0, 0.05) is 15.7 Å². The predicted octanol–water partition coefficient (Wildman–Crippen LogP) is 3.77. The number of rotatable bonds is 5. The molecule has 0 aliphatic carbocycles. The summed E-state index contributed by atoms with van der Waals surface area (Å²) in [5.74, 6) is -1.64. The molecule has 132 valence electrons. The van der Waals surface area contributed by atoms with Crippen LogP contribution in [0.4, 0.5) is 10.1 Å². The summed E-state index contributed by atoms with van der Waals surface area (Å²) in [6.07, 6.45) is 0. The van der Waals surface area contributed by atoms with E-state index in [1.54, 1.807) is 6.07 Å². The Kier molecular flexibility index (Phi) is 5.43. The number of H-pyrrole nitrogens is 1. The molecule has 0 fully saturated rings. The lowest BCUT2D eigenvalue weighted by Crippen LogP contribution is -2.21. The number of hydrogen-bond donors (Lipinski definition) is 2. The standard InChI is InChI=1S/C18H13BrFN3O3/c19-12-3-1-11(2-4-12)15-9-16(23-22-15)18(25)26-10-17(24)21-14-7-5-13(20)6-8-14/h1-9H,10H2,(H,21,24)(H,22,23). The van der Waals surface area contributed by atoms with Gasteiger partial charge in [0.05, 0.1) is 5.69 Å². The van der Waals surface area contributed by atoms with Gasteiger partial charge >= 0.3 is 5.97 Å². The molecule has 1 heterocycles. The third-order valence-electron chi connectivity index (χ3n) is 3.40. The minimum atomic E-state index is -0.699. The maximum Gasteiger partial charge on any atom is 0.356 e. The lowest BCUT2D eigenvalue weighted by molar-refractivity contribution is -0.119. The van der Waals surface area contributed by atoms with Gasteiger partial charge in [0.1, 0.15) is 11.5 Å². The molecule has 1 amide bonds. The number of halogens is 2. The molecule has 3 rings (SSSR count). The Balaban J connectivity index is 1.55. The summed E-state index contributed by atoms with van der Waals surface area (Å²) in [5.41, 5.74) is 1.96. The van der Waals surface area contributed by atoms with Gasteiger partial charge in [0.25, 0.3) is 5.91 Å². The molecule has 0 unspecified atom stereocenters. The first-order valence-corrected chi connectivity index (χ1v) is 8.34. The smallest absolute Gasteiger partial charge is 0.356 e. The largest absolute Gasteiger partial charge is 0.451 e. The SMILES string of the molecule is O=C(COC(=O)c1cc(-c2ccc(Br)cc2)n[nH]1)Nc1ccc(F)cc1. The molecule has 2 aromatic carbocycles. The highest BCUT2D eigenvalue weighted by Gasteiger charge is 2.14. The molecule has 0 aliphatic rings. The average Bonchev–Trinajstić information content (AvgIpc) is 3.12. The molecule has 6 nitrogen and oxygen atoms in total. The second-order valence-electron chi connectivity index (χ2n) is 5.30. The van der Waals surface area contributed by atoms with Crippen molar-refractivity contribution in [1.82, 2.24) is 10.2 Å². The van der Waals surface area contributed by atoms with Crippen LogP contribution in [0.1, 0.15) is 10.5 Å². The van der Waals surface area contributed by atoms with Crippen LogP contribution in [0.25, 0.3) is 11.3 Å². The molecular formula is C18H13BrFN3O3. The highest BCUT2D eigenvalue weighted by atomic mass is 79.9. The quantitative estimate of drug-likeness (QED) is 0.618. The van der Waals surface area contributed by atoms with Crippen molar-refractivity contribution in [1.29, 1.82) is 0 Å². The first-order chi connectivity index (χ1) is 12.5. The highest BCUT2D eigenvalue weighted by molar-refractivity contribution is 9.10. The number of amides is 1. The normalized spacial score (nSPS) is 10.4. The lowest BCUT2D eigenvalue weighted by atomic mass is 10.1. The number of anilines is 1. The van der Waals surface area contributed by atoms with E-state index < -0.39 is 24.3 Å². The molecule has 0 saturated heterocycles. The van der Waals surface area contributed by atoms with E-state index in [1.807, 2.05) is 24.3 Å². The van der Waals surface area contributed by atoms with E-state index in [0.29, 0.717) is 11.4 Å². The van der Waals surface area contributed by atoms with Gasteiger partial charge in [-0.25, -0.2) is 9.18 Å². The number of nitrogens with zero attached hydrogens (tertiary/aromatic N) is 1. The number of carbonyl (C=O) groups excluding carboxylic acids is 2. The molecule has 0 aliphatic heterocycles. The van der Waals surface area contributed by atoms with Crippen LogP contribution < -0.4 is 5.32 Å². The maximum atomic E-state index is 12.8. The zero-order chi connectivity index (χ0) is 18.5. The Labute approximate surface area is 156 Å². The van der Waals surface area contributed by atoms with Crippen LogP contribution in [0, 0.1) is 5.82 Å². The monoisotopic (exact) mass is 417 g/mol. The van der Waals surface area contributed by atoms with Crippen molar-refractivity contribution in [3.8, 4) is 11.3 Å². The first-order valence-electron chi connectivity index (χ1n) is 7.55. The molecule has 0 bridgehead atoms. The fourth-order valence-corrected chi connectivity index (χ4v) is 2.40. The summed E-state index contributed by atoms with van der Waals surface area (Å²) in [4.78, 5) is 23.8. The van der Waals surface area contributed by atoms with E-state index in [-0.39, 0.29) is 5.69 Å². The predicted molar refractivity (Wildman–Crippen MR) is 97.0 cm³/mol. The minimum absolute atomic E-state index is 0.137. The molecule has 0 radical (unpaired) electrons. The van der Waals surface area contributed by atoms with Gasteiger partial charge in [-0.1, -0.05) is 28.1 Å². The summed E-state index contributed by atoms with van der Waals surface area (Å²) >= 11 is 3.35. The molecule has 1 aromatic heterocycles. The minimum Gasteiger partial charge on any atom is -0.451 e. The lowest BCUT2D eigenvalue weighted by Gasteiger charge is -2.05. The topological polar surface area (TPSA) is 84.1 Å². The van der Waals surface area contributed by atoms with Crippen molar-refractivity contribution in [3.63, 3.8) is 0 Å². The van der Waals surface area contributed by atoms with Gasteiger partial charge in [0.15, 0.2) is 6.61 Å². The third-order valence-corrected chi connectivity index (χ3v) is 3.93. The molecule has 8 heteroatoms. The fourth-order valence-electron chi connectivity index (χ4n) is 2.13. The number of aromatic nitrogens is 2. The zero-order valence-corrected chi connectivity index (χ0v) is 14.9. The van der Waals surface area contributed by atoms with Gasteiger partial charge < -0.3 is 10.1 Å². The molecule has 2 N–H and O–H groups in total. The summed E-state index contributed by atoms with van der Waals surface area (Å²) in [6, 6.07) is 14.2. The second kappa shape index (κ2) is 7.92. The number of benzene rings is 2. The Morgan fingerprint density at radius 1 is 1.12 bits per heavy atom. The molecule has 0 spiro atoms. The van der Waals surface area contributed by atoms with Crippen molar-refractivity contribution >= 4 is 33.5 Å². The summed E-state index contributed by atoms with van der Waals surface area (Å²) < 4.78 is 18.7. The number of esters is 1. The van der Waals surface area contributed by atoms with Gasteiger partial charge in [0.2, 0.25) is 0 Å². The van der Waals surface area contributed by atoms with E-state index in [0.717, 1.165) is 10.0 Å². The fraction of sp³-hybridized carbons (Fsp3) is 0.0556. The van der Waals surface area contributed by atoms with Crippen molar-refractivity contribution in [2.75, 3.05) is 11.9 Å². The van der Waals surface area contributed by atoms with Gasteiger partial charge in [-0.3, -0.25) is 9.89 Å². The van der Waals surface area contributed by atoms with Crippen LogP contribution in [0.5, 0.6) is 0 Å². The zero-order valence-electron chi connectivity index (χ0n) is 13.3. The van der Waals surface area contributed by atoms with E-state index >= 15 is 0 Å². The summed E-state index contributed by atoms with van der Waals surface area (Å²) in [7, 11) is 0. The number of hydrogen-bond acceptors (Lipinski definition) is 4. The van der Waals surface area contributed by atoms with Crippen LogP contribution in [0.3, 0.4) is 0 Å². The van der Waals surface area contributed by atoms with Crippen molar-refractivity contribution < 1.29 is 18.7 Å². The highest BCUT2D eigenvalue weighted by Crippen LogP contribution is 2.20. The van der Waals surface area contributed by atoms with Gasteiger partial charge in [-0.2, -0.15) is 5.10 Å². The van der Waals surface area contributed by atoms with Crippen LogP contribution in [-0.2, 0) is 9.53 Å². The van der Waals surface area contributed by atoms with E-state index in [9.17, 15) is 14.0 Å². The Morgan fingerprint density at radius 2 is 1.81 bits per heavy atom. The van der Waals surface area contributed by atoms with E-state index in [1.165, 1.54) is 24.3 Å². The Morgan fingerprint density at radius 3 is 2.50 bits per heavy atom. The van der Waals surface area contributed by atoms with Crippen LogP contribution >= 0.6 is 15.9 Å². The average molecular weight is 418 g/mol. The van der Waals surface area contributed by atoms with Crippen LogP contribution in [-0.4, -0.2) is 28.7 Å². The van der Waals surface area contributed by atoms with E-state index in [4.69, 9.17) is 4.74 Å². The van der Waals surface area contributed by atoms with Crippen molar-refractivity contribution in [2.24, 2.45) is 0 Å². The van der Waals surface area contributed by atoms with Crippen LogP contribution in [0.2, 0.25) is 0 Å². The molecule has 0 saturated carbocycles. The summed E-state index contributed by atoms with van der Waals surface area (Å²) in [6.45, 7) is -0.469. The van der Waals surface area contributed by atoms with E-state index in [2.05, 4.69) is 31.4 Å².